The molecule has 3 N–H and O–H groups in total. The van der Waals surface area contributed by atoms with Gasteiger partial charge in [0.05, 0.1) is 0 Å². The number of para-hydroxylation sites is 2. The number of hydrogen-bond acceptors (Lipinski definition) is 3. The molecule has 0 bridgehead atoms. The number of nitrogens with zero attached hydrogens (tertiary/aromatic N) is 1. The molecule has 1 aliphatic carbocycles. The van der Waals surface area contributed by atoms with Crippen LogP contribution in [-0.4, -0.2) is 31.3 Å². The van der Waals surface area contributed by atoms with Gasteiger partial charge in [-0.25, -0.2) is 0 Å². The molecule has 102 valence electrons. The molecule has 0 spiro atoms. The van der Waals surface area contributed by atoms with Gasteiger partial charge in [0.15, 0.2) is 17.5 Å². The van der Waals surface area contributed by atoms with Crippen molar-refractivity contribution in [3.05, 3.63) is 24.3 Å². The maximum absolute atomic E-state index is 5.85. The lowest BCUT2D eigenvalue weighted by atomic mass is 10.2. The number of ether oxygens (including phenoxy) is 2. The van der Waals surface area contributed by atoms with E-state index in [1.54, 1.807) is 0 Å². The molecule has 1 unspecified atom stereocenters. The fraction of sp³-hybridized carbons (Fsp3) is 0.500. The zero-order chi connectivity index (χ0) is 13.1. The SMILES string of the molecule is NC(=NCCC1COc2ccccc2O1)NC1CC1. The van der Waals surface area contributed by atoms with Gasteiger partial charge in [-0.3, -0.25) is 4.99 Å². The van der Waals surface area contributed by atoms with Crippen LogP contribution in [0.25, 0.3) is 0 Å². The molecule has 0 saturated heterocycles. The van der Waals surface area contributed by atoms with Crippen molar-refractivity contribution in [1.29, 1.82) is 0 Å². The van der Waals surface area contributed by atoms with Crippen LogP contribution in [0.4, 0.5) is 0 Å². The second kappa shape index (κ2) is 5.38. The van der Waals surface area contributed by atoms with Crippen LogP contribution in [0, 0.1) is 0 Å². The van der Waals surface area contributed by atoms with Crippen LogP contribution in [0.1, 0.15) is 19.3 Å². The predicted octanol–water partition coefficient (Wildman–Crippen LogP) is 1.28. The first-order valence-corrected chi connectivity index (χ1v) is 6.76. The highest BCUT2D eigenvalue weighted by Crippen LogP contribution is 2.31. The third-order valence-corrected chi connectivity index (χ3v) is 3.23. The summed E-state index contributed by atoms with van der Waals surface area (Å²) in [7, 11) is 0. The number of aliphatic imine (C=N–C) groups is 1. The van der Waals surface area contributed by atoms with Gasteiger partial charge in [-0.15, -0.1) is 0 Å². The molecule has 1 aliphatic heterocycles. The van der Waals surface area contributed by atoms with Crippen molar-refractivity contribution in [3.8, 4) is 11.5 Å². The smallest absolute Gasteiger partial charge is 0.188 e. The molecule has 1 fully saturated rings. The molecule has 0 amide bonds. The van der Waals surface area contributed by atoms with Gasteiger partial charge in [-0.1, -0.05) is 12.1 Å². The van der Waals surface area contributed by atoms with E-state index in [2.05, 4.69) is 10.3 Å². The first-order valence-electron chi connectivity index (χ1n) is 6.76. The van der Waals surface area contributed by atoms with E-state index in [0.29, 0.717) is 25.2 Å². The minimum absolute atomic E-state index is 0.0485. The van der Waals surface area contributed by atoms with Crippen LogP contribution >= 0.6 is 0 Å². The average molecular weight is 261 g/mol. The minimum Gasteiger partial charge on any atom is -0.486 e. The monoisotopic (exact) mass is 261 g/mol. The Morgan fingerprint density at radius 3 is 2.89 bits per heavy atom. The van der Waals surface area contributed by atoms with E-state index in [9.17, 15) is 0 Å². The highest BCUT2D eigenvalue weighted by molar-refractivity contribution is 5.78. The number of guanidine groups is 1. The quantitative estimate of drug-likeness (QED) is 0.633. The van der Waals surface area contributed by atoms with E-state index in [1.807, 2.05) is 24.3 Å². The van der Waals surface area contributed by atoms with E-state index in [0.717, 1.165) is 17.9 Å². The highest BCUT2D eigenvalue weighted by Gasteiger charge is 2.22. The Kier molecular flexibility index (Phi) is 3.44. The van der Waals surface area contributed by atoms with Crippen molar-refractivity contribution in [2.24, 2.45) is 10.7 Å². The lowest BCUT2D eigenvalue weighted by Gasteiger charge is -2.25. The van der Waals surface area contributed by atoms with Crippen molar-refractivity contribution >= 4 is 5.96 Å². The molecule has 5 nitrogen and oxygen atoms in total. The van der Waals surface area contributed by atoms with Gasteiger partial charge in [0, 0.05) is 19.0 Å². The van der Waals surface area contributed by atoms with Crippen molar-refractivity contribution < 1.29 is 9.47 Å². The Bertz CT molecular complexity index is 472. The van der Waals surface area contributed by atoms with E-state index >= 15 is 0 Å². The summed E-state index contributed by atoms with van der Waals surface area (Å²) in [5, 5.41) is 3.16. The molecule has 2 aliphatic rings. The van der Waals surface area contributed by atoms with Crippen LogP contribution in [0.15, 0.2) is 29.3 Å². The van der Waals surface area contributed by atoms with Gasteiger partial charge >= 0.3 is 0 Å². The van der Waals surface area contributed by atoms with Crippen molar-refractivity contribution in [3.63, 3.8) is 0 Å². The fourth-order valence-electron chi connectivity index (χ4n) is 2.02. The second-order valence-electron chi connectivity index (χ2n) is 4.97. The Balaban J connectivity index is 1.46. The zero-order valence-corrected chi connectivity index (χ0v) is 10.8. The molecule has 0 radical (unpaired) electrons. The molecule has 1 atom stereocenters. The predicted molar refractivity (Wildman–Crippen MR) is 73.6 cm³/mol. The largest absolute Gasteiger partial charge is 0.486 e. The minimum atomic E-state index is 0.0485. The van der Waals surface area contributed by atoms with Gasteiger partial charge in [-0.05, 0) is 25.0 Å². The van der Waals surface area contributed by atoms with E-state index in [-0.39, 0.29) is 6.10 Å². The fourth-order valence-corrected chi connectivity index (χ4v) is 2.02. The Labute approximate surface area is 112 Å². The van der Waals surface area contributed by atoms with Gasteiger partial charge < -0.3 is 20.5 Å². The number of nitrogens with two attached hydrogens (primary N) is 1. The summed E-state index contributed by atoms with van der Waals surface area (Å²) in [6.45, 7) is 1.23. The molecule has 1 aromatic carbocycles. The molecular formula is C14H19N3O2. The topological polar surface area (TPSA) is 68.9 Å². The Hall–Kier alpha value is -1.91. The molecule has 1 heterocycles. The second-order valence-corrected chi connectivity index (χ2v) is 4.97. The van der Waals surface area contributed by atoms with Crippen molar-refractivity contribution in [2.75, 3.05) is 13.2 Å². The first kappa shape index (κ1) is 12.1. The normalized spacial score (nSPS) is 22.1. The van der Waals surface area contributed by atoms with E-state index in [4.69, 9.17) is 15.2 Å². The average Bonchev–Trinajstić information content (AvgIpc) is 3.22. The van der Waals surface area contributed by atoms with Gasteiger partial charge in [0.2, 0.25) is 0 Å². The maximum Gasteiger partial charge on any atom is 0.188 e. The lowest BCUT2D eigenvalue weighted by Crippen LogP contribution is -2.34. The molecule has 19 heavy (non-hydrogen) atoms. The number of hydrogen-bond donors (Lipinski definition) is 2. The summed E-state index contributed by atoms with van der Waals surface area (Å²) >= 11 is 0. The number of nitrogens with one attached hydrogen (secondary N) is 1. The molecular weight excluding hydrogens is 242 g/mol. The van der Waals surface area contributed by atoms with Crippen molar-refractivity contribution in [2.45, 2.75) is 31.4 Å². The number of benzene rings is 1. The molecule has 3 rings (SSSR count). The molecule has 1 aromatic rings. The summed E-state index contributed by atoms with van der Waals surface area (Å²) in [6, 6.07) is 8.27. The summed E-state index contributed by atoms with van der Waals surface area (Å²) < 4.78 is 11.5. The third kappa shape index (κ3) is 3.30. The van der Waals surface area contributed by atoms with Gasteiger partial charge in [-0.2, -0.15) is 0 Å². The van der Waals surface area contributed by atoms with Gasteiger partial charge in [0.25, 0.3) is 0 Å². The highest BCUT2D eigenvalue weighted by atomic mass is 16.6. The van der Waals surface area contributed by atoms with Crippen molar-refractivity contribution in [1.82, 2.24) is 5.32 Å². The Morgan fingerprint density at radius 1 is 1.32 bits per heavy atom. The first-order chi connectivity index (χ1) is 9.31. The van der Waals surface area contributed by atoms with Crippen LogP contribution in [0.2, 0.25) is 0 Å². The zero-order valence-electron chi connectivity index (χ0n) is 10.8. The maximum atomic E-state index is 5.85. The summed E-state index contributed by atoms with van der Waals surface area (Å²) in [5.41, 5.74) is 5.77. The van der Waals surface area contributed by atoms with E-state index < -0.39 is 0 Å². The van der Waals surface area contributed by atoms with Crippen LogP contribution in [0.5, 0.6) is 11.5 Å². The molecule has 5 heteroatoms. The summed E-state index contributed by atoms with van der Waals surface area (Å²) in [4.78, 5) is 4.30. The Morgan fingerprint density at radius 2 is 2.11 bits per heavy atom. The van der Waals surface area contributed by atoms with Crippen LogP contribution < -0.4 is 20.5 Å². The molecule has 1 saturated carbocycles. The third-order valence-electron chi connectivity index (χ3n) is 3.23. The van der Waals surface area contributed by atoms with Crippen LogP contribution in [0.3, 0.4) is 0 Å². The van der Waals surface area contributed by atoms with E-state index in [1.165, 1.54) is 12.8 Å². The molecule has 0 aromatic heterocycles. The van der Waals surface area contributed by atoms with Gasteiger partial charge in [0.1, 0.15) is 12.7 Å². The summed E-state index contributed by atoms with van der Waals surface area (Å²) in [5.74, 6) is 2.17. The lowest BCUT2D eigenvalue weighted by molar-refractivity contribution is 0.0867. The van der Waals surface area contributed by atoms with Crippen LogP contribution in [-0.2, 0) is 0 Å². The summed E-state index contributed by atoms with van der Waals surface area (Å²) in [6.07, 6.45) is 3.26. The standard InChI is InChI=1S/C14H19N3O2/c15-14(17-10-5-6-10)16-8-7-11-9-18-12-3-1-2-4-13(12)19-11/h1-4,10-11H,5-9H2,(H3,15,16,17). The number of rotatable bonds is 4. The number of fused-ring (bicyclic) bond motifs is 1.